The summed E-state index contributed by atoms with van der Waals surface area (Å²) >= 11 is 0. The van der Waals surface area contributed by atoms with Crippen LogP contribution in [0.4, 0.5) is 5.69 Å². The summed E-state index contributed by atoms with van der Waals surface area (Å²) < 4.78 is 30.1. The van der Waals surface area contributed by atoms with E-state index in [9.17, 15) is 23.1 Å². The van der Waals surface area contributed by atoms with E-state index < -0.39 is 21.9 Å². The highest BCUT2D eigenvalue weighted by atomic mass is 32.2. The number of nitrogens with zero attached hydrogens (tertiary/aromatic N) is 2. The number of aromatic carboxylic acids is 1. The van der Waals surface area contributed by atoms with Crippen LogP contribution in [0.1, 0.15) is 32.0 Å². The highest BCUT2D eigenvalue weighted by molar-refractivity contribution is 7.89. The summed E-state index contributed by atoms with van der Waals surface area (Å²) in [6.45, 7) is 1.81. The average Bonchev–Trinajstić information content (AvgIpc) is 3.21. The van der Waals surface area contributed by atoms with Gasteiger partial charge in [-0.1, -0.05) is 29.4 Å². The van der Waals surface area contributed by atoms with Gasteiger partial charge in [0.2, 0.25) is 10.0 Å². The van der Waals surface area contributed by atoms with Crippen LogP contribution in [-0.4, -0.2) is 30.6 Å². The lowest BCUT2D eigenvalue weighted by atomic mass is 9.99. The number of nitrogens with one attached hydrogen (secondary N) is 1. The number of primary sulfonamides is 1. The molecule has 34 heavy (non-hydrogen) atoms. The summed E-state index contributed by atoms with van der Waals surface area (Å²) in [4.78, 5) is 24.2. The Morgan fingerprint density at radius 3 is 2.50 bits per heavy atom. The van der Waals surface area contributed by atoms with Crippen molar-refractivity contribution in [2.24, 2.45) is 5.14 Å². The Morgan fingerprint density at radius 2 is 1.85 bits per heavy atom. The van der Waals surface area contributed by atoms with Crippen LogP contribution < -0.4 is 10.5 Å². The molecule has 0 unspecified atom stereocenters. The van der Waals surface area contributed by atoms with Crippen molar-refractivity contribution < 1.29 is 27.6 Å². The molecule has 0 saturated carbocycles. The number of benzene rings is 3. The second-order valence-corrected chi connectivity index (χ2v) is 8.90. The number of hydrogen-bond donors (Lipinski definition) is 3. The van der Waals surface area contributed by atoms with Gasteiger partial charge in [-0.25, -0.2) is 18.4 Å². The summed E-state index contributed by atoms with van der Waals surface area (Å²) in [6, 6.07) is 15.3. The van der Waals surface area contributed by atoms with Gasteiger partial charge in [0.05, 0.1) is 33.2 Å². The van der Waals surface area contributed by atoms with Gasteiger partial charge in [0, 0.05) is 5.56 Å². The lowest BCUT2D eigenvalue weighted by Gasteiger charge is -2.11. The molecule has 0 aliphatic carbocycles. The minimum atomic E-state index is -4.20. The van der Waals surface area contributed by atoms with Crippen molar-refractivity contribution in [3.8, 4) is 17.2 Å². The van der Waals surface area contributed by atoms with Gasteiger partial charge in [0.25, 0.3) is 5.91 Å². The number of carbonyl (C=O) groups excluding carboxylic acids is 1. The van der Waals surface area contributed by atoms with E-state index in [-0.39, 0.29) is 43.9 Å². The summed E-state index contributed by atoms with van der Waals surface area (Å²) in [5.41, 5.74) is 1.29. The Morgan fingerprint density at radius 1 is 1.12 bits per heavy atom. The average molecular weight is 476 g/mol. The second-order valence-electron chi connectivity index (χ2n) is 7.37. The van der Waals surface area contributed by atoms with Gasteiger partial charge in [0.1, 0.15) is 0 Å². The van der Waals surface area contributed by atoms with E-state index in [1.807, 2.05) is 19.1 Å². The van der Waals surface area contributed by atoms with Crippen molar-refractivity contribution in [2.75, 3.05) is 5.32 Å². The van der Waals surface area contributed by atoms with Crippen LogP contribution in [0, 0.1) is 18.3 Å². The van der Waals surface area contributed by atoms with E-state index in [1.54, 1.807) is 18.2 Å². The van der Waals surface area contributed by atoms with Crippen LogP contribution in [0.15, 0.2) is 64.0 Å². The van der Waals surface area contributed by atoms with Crippen molar-refractivity contribution in [3.05, 3.63) is 77.0 Å². The molecule has 1 aromatic heterocycles. The van der Waals surface area contributed by atoms with Crippen molar-refractivity contribution in [1.82, 2.24) is 5.16 Å². The van der Waals surface area contributed by atoms with Crippen LogP contribution >= 0.6 is 0 Å². The molecule has 0 spiro atoms. The number of nitriles is 1. The number of aromatic nitrogens is 1. The number of fused-ring (bicyclic) bond motifs is 1. The third-order valence-electron chi connectivity index (χ3n) is 5.16. The standard InChI is InChI=1S/C23H16N4O6S/c1-12-4-2-3-5-14(12)15-9-19-17(10-20(15)34(25,31)32)21(27-33-19)22(28)26-18-7-6-13(11-24)8-16(18)23(29)30/h2-10H,1H3,(H,26,28)(H,29,30)(H2,25,31,32). The molecule has 0 radical (unpaired) electrons. The Kier molecular flexibility index (Phi) is 5.62. The summed E-state index contributed by atoms with van der Waals surface area (Å²) in [6.07, 6.45) is 0. The van der Waals surface area contributed by atoms with Gasteiger partial charge in [0.15, 0.2) is 11.3 Å². The van der Waals surface area contributed by atoms with E-state index in [2.05, 4.69) is 10.5 Å². The fraction of sp³-hybridized carbons (Fsp3) is 0.0435. The van der Waals surface area contributed by atoms with E-state index >= 15 is 0 Å². The highest BCUT2D eigenvalue weighted by Gasteiger charge is 2.24. The largest absolute Gasteiger partial charge is 0.478 e. The molecule has 0 saturated heterocycles. The molecule has 170 valence electrons. The van der Waals surface area contributed by atoms with Crippen molar-refractivity contribution in [1.29, 1.82) is 5.26 Å². The molecule has 4 N–H and O–H groups in total. The first-order chi connectivity index (χ1) is 16.1. The minimum absolute atomic E-state index is 0.0733. The predicted octanol–water partition coefficient (Wildman–Crippen LogP) is 3.27. The number of sulfonamides is 1. The van der Waals surface area contributed by atoms with E-state index in [0.717, 1.165) is 11.6 Å². The molecular weight excluding hydrogens is 460 g/mol. The van der Waals surface area contributed by atoms with Crippen LogP contribution in [-0.2, 0) is 10.0 Å². The molecule has 0 aliphatic rings. The number of hydrogen-bond acceptors (Lipinski definition) is 7. The zero-order valence-electron chi connectivity index (χ0n) is 17.6. The van der Waals surface area contributed by atoms with Gasteiger partial charge in [-0.15, -0.1) is 0 Å². The number of rotatable bonds is 5. The van der Waals surface area contributed by atoms with Gasteiger partial charge in [-0.3, -0.25) is 4.79 Å². The first kappa shape index (κ1) is 22.7. The Bertz CT molecular complexity index is 1630. The molecule has 3 aromatic carbocycles. The molecule has 0 fully saturated rings. The summed E-state index contributed by atoms with van der Waals surface area (Å²) in [7, 11) is -4.20. The third kappa shape index (κ3) is 4.11. The first-order valence-corrected chi connectivity index (χ1v) is 11.3. The molecule has 0 atom stereocenters. The number of nitrogens with two attached hydrogens (primary N) is 1. The first-order valence-electron chi connectivity index (χ1n) is 9.71. The summed E-state index contributed by atoms with van der Waals surface area (Å²) in [5.74, 6) is -2.19. The van der Waals surface area contributed by atoms with E-state index in [1.165, 1.54) is 24.3 Å². The zero-order chi connectivity index (χ0) is 24.6. The number of anilines is 1. The Labute approximate surface area is 193 Å². The maximum absolute atomic E-state index is 12.9. The van der Waals surface area contributed by atoms with Crippen LogP contribution in [0.3, 0.4) is 0 Å². The van der Waals surface area contributed by atoms with Gasteiger partial charge < -0.3 is 14.9 Å². The lowest BCUT2D eigenvalue weighted by molar-refractivity contribution is 0.0698. The smallest absolute Gasteiger partial charge is 0.337 e. The molecule has 1 heterocycles. The van der Waals surface area contributed by atoms with Crippen LogP contribution in [0.2, 0.25) is 0 Å². The number of carboxylic acid groups (broad SMARTS) is 1. The molecule has 1 amide bonds. The fourth-order valence-electron chi connectivity index (χ4n) is 3.53. The number of carboxylic acids is 1. The van der Waals surface area contributed by atoms with Crippen LogP contribution in [0.25, 0.3) is 22.1 Å². The fourth-order valence-corrected chi connectivity index (χ4v) is 4.29. The Hall–Kier alpha value is -4.53. The number of carbonyl (C=O) groups is 2. The van der Waals surface area contributed by atoms with Crippen molar-refractivity contribution in [2.45, 2.75) is 11.8 Å². The maximum atomic E-state index is 12.9. The monoisotopic (exact) mass is 476 g/mol. The molecular formula is C23H16N4O6S. The van der Waals surface area contributed by atoms with Gasteiger partial charge in [-0.05, 0) is 48.4 Å². The lowest BCUT2D eigenvalue weighted by Crippen LogP contribution is -2.16. The molecule has 0 bridgehead atoms. The molecule has 4 rings (SSSR count). The highest BCUT2D eigenvalue weighted by Crippen LogP contribution is 2.34. The summed E-state index contributed by atoms with van der Waals surface area (Å²) in [5, 5.41) is 30.1. The normalized spacial score (nSPS) is 11.2. The number of aryl methyl sites for hydroxylation is 1. The zero-order valence-corrected chi connectivity index (χ0v) is 18.4. The van der Waals surface area contributed by atoms with Crippen molar-refractivity contribution >= 4 is 38.6 Å². The maximum Gasteiger partial charge on any atom is 0.337 e. The molecule has 4 aromatic rings. The molecule has 10 nitrogen and oxygen atoms in total. The minimum Gasteiger partial charge on any atom is -0.478 e. The molecule has 0 aliphatic heterocycles. The quantitative estimate of drug-likeness (QED) is 0.393. The topological polar surface area (TPSA) is 176 Å². The van der Waals surface area contributed by atoms with Gasteiger partial charge in [-0.2, -0.15) is 5.26 Å². The predicted molar refractivity (Wildman–Crippen MR) is 122 cm³/mol. The van der Waals surface area contributed by atoms with E-state index in [4.69, 9.17) is 14.9 Å². The van der Waals surface area contributed by atoms with Crippen molar-refractivity contribution in [3.63, 3.8) is 0 Å². The third-order valence-corrected chi connectivity index (χ3v) is 6.11. The SMILES string of the molecule is Cc1ccccc1-c1cc2onc(C(=O)Nc3ccc(C#N)cc3C(=O)O)c2cc1S(N)(=O)=O. The van der Waals surface area contributed by atoms with Crippen LogP contribution in [0.5, 0.6) is 0 Å². The van der Waals surface area contributed by atoms with Gasteiger partial charge >= 0.3 is 5.97 Å². The second kappa shape index (κ2) is 8.43. The number of amides is 1. The van der Waals surface area contributed by atoms with E-state index in [0.29, 0.717) is 5.56 Å². The molecule has 11 heteroatoms. The Balaban J connectivity index is 1.83.